The van der Waals surface area contributed by atoms with Crippen molar-refractivity contribution < 1.29 is 0 Å². The highest BCUT2D eigenvalue weighted by Gasteiger charge is 2.33. The first-order chi connectivity index (χ1) is 8.42. The summed E-state index contributed by atoms with van der Waals surface area (Å²) in [5, 5.41) is 3.66. The normalized spacial score (nSPS) is 25.3. The van der Waals surface area contributed by atoms with Crippen molar-refractivity contribution in [2.24, 2.45) is 0 Å². The van der Waals surface area contributed by atoms with E-state index in [-0.39, 0.29) is 0 Å². The third-order valence-electron chi connectivity index (χ3n) is 3.82. The summed E-state index contributed by atoms with van der Waals surface area (Å²) in [4.78, 5) is 7.00. The van der Waals surface area contributed by atoms with Crippen molar-refractivity contribution in [3.63, 3.8) is 0 Å². The van der Waals surface area contributed by atoms with Gasteiger partial charge in [-0.2, -0.15) is 0 Å². The predicted octanol–water partition coefficient (Wildman–Crippen LogP) is 1.45. The summed E-state index contributed by atoms with van der Waals surface area (Å²) in [6, 6.07) is 7.78. The first-order valence-corrected chi connectivity index (χ1v) is 6.79. The standard InChI is InChI=1S/C14H21N3/c1-2-8-15-12(3-1)6-9-16-13-7-10-17(11-13)14-4-5-14/h1-3,8,13-14,16H,4-7,9-11H2. The van der Waals surface area contributed by atoms with Crippen molar-refractivity contribution in [1.82, 2.24) is 15.2 Å². The van der Waals surface area contributed by atoms with Crippen LogP contribution < -0.4 is 5.32 Å². The summed E-state index contributed by atoms with van der Waals surface area (Å²) in [5.74, 6) is 0. The van der Waals surface area contributed by atoms with Crippen LogP contribution in [0.1, 0.15) is 25.0 Å². The monoisotopic (exact) mass is 231 g/mol. The van der Waals surface area contributed by atoms with Crippen molar-refractivity contribution in [2.75, 3.05) is 19.6 Å². The molecule has 3 rings (SSSR count). The molecule has 1 atom stereocenters. The van der Waals surface area contributed by atoms with Gasteiger partial charge in [-0.3, -0.25) is 9.88 Å². The third-order valence-corrected chi connectivity index (χ3v) is 3.82. The zero-order chi connectivity index (χ0) is 11.5. The maximum absolute atomic E-state index is 4.35. The van der Waals surface area contributed by atoms with Crippen LogP contribution in [-0.4, -0.2) is 41.6 Å². The molecule has 1 aliphatic heterocycles. The second-order valence-electron chi connectivity index (χ2n) is 5.24. The second-order valence-corrected chi connectivity index (χ2v) is 5.24. The molecule has 92 valence electrons. The lowest BCUT2D eigenvalue weighted by molar-refractivity contribution is 0.318. The van der Waals surface area contributed by atoms with Gasteiger partial charge in [-0.05, 0) is 31.4 Å². The van der Waals surface area contributed by atoms with Gasteiger partial charge in [-0.25, -0.2) is 0 Å². The van der Waals surface area contributed by atoms with E-state index in [1.807, 2.05) is 12.3 Å². The van der Waals surface area contributed by atoms with Crippen LogP contribution in [0, 0.1) is 0 Å². The molecule has 2 aliphatic rings. The van der Waals surface area contributed by atoms with Crippen molar-refractivity contribution in [2.45, 2.75) is 37.8 Å². The van der Waals surface area contributed by atoms with Crippen LogP contribution in [0.15, 0.2) is 24.4 Å². The Morgan fingerprint density at radius 1 is 1.29 bits per heavy atom. The molecule has 1 aliphatic carbocycles. The molecule has 0 radical (unpaired) electrons. The lowest BCUT2D eigenvalue weighted by Gasteiger charge is -2.15. The van der Waals surface area contributed by atoms with Gasteiger partial charge in [0.1, 0.15) is 0 Å². The van der Waals surface area contributed by atoms with Gasteiger partial charge >= 0.3 is 0 Å². The largest absolute Gasteiger partial charge is 0.312 e. The van der Waals surface area contributed by atoms with E-state index >= 15 is 0 Å². The summed E-state index contributed by atoms with van der Waals surface area (Å²) >= 11 is 0. The fourth-order valence-corrected chi connectivity index (χ4v) is 2.68. The molecule has 2 heterocycles. The highest BCUT2D eigenvalue weighted by Crippen LogP contribution is 2.29. The maximum Gasteiger partial charge on any atom is 0.0416 e. The molecule has 1 unspecified atom stereocenters. The quantitative estimate of drug-likeness (QED) is 0.831. The number of pyridine rings is 1. The highest BCUT2D eigenvalue weighted by molar-refractivity contribution is 5.03. The molecule has 3 heteroatoms. The predicted molar refractivity (Wildman–Crippen MR) is 68.9 cm³/mol. The Morgan fingerprint density at radius 2 is 2.24 bits per heavy atom. The minimum atomic E-state index is 0.708. The van der Waals surface area contributed by atoms with Gasteiger partial charge in [0.25, 0.3) is 0 Å². The number of nitrogens with one attached hydrogen (secondary N) is 1. The average Bonchev–Trinajstić information content (AvgIpc) is 3.11. The lowest BCUT2D eigenvalue weighted by atomic mass is 10.2. The third kappa shape index (κ3) is 3.05. The zero-order valence-electron chi connectivity index (χ0n) is 10.3. The summed E-state index contributed by atoms with van der Waals surface area (Å²) in [5.41, 5.74) is 1.19. The summed E-state index contributed by atoms with van der Waals surface area (Å²) < 4.78 is 0. The van der Waals surface area contributed by atoms with Gasteiger partial charge in [0.05, 0.1) is 0 Å². The fraction of sp³-hybridized carbons (Fsp3) is 0.643. The van der Waals surface area contributed by atoms with Crippen LogP contribution in [0.25, 0.3) is 0 Å². The van der Waals surface area contributed by atoms with Crippen molar-refractivity contribution in [1.29, 1.82) is 0 Å². The van der Waals surface area contributed by atoms with E-state index in [0.29, 0.717) is 6.04 Å². The molecule has 1 saturated heterocycles. The number of likely N-dealkylation sites (tertiary alicyclic amines) is 1. The van der Waals surface area contributed by atoms with Crippen LogP contribution in [-0.2, 0) is 6.42 Å². The Balaban J connectivity index is 1.37. The smallest absolute Gasteiger partial charge is 0.0416 e. The second kappa shape index (κ2) is 5.15. The molecule has 17 heavy (non-hydrogen) atoms. The summed E-state index contributed by atoms with van der Waals surface area (Å²) in [6.07, 6.45) is 7.10. The van der Waals surface area contributed by atoms with Gasteiger partial charge in [-0.1, -0.05) is 6.07 Å². The zero-order valence-corrected chi connectivity index (χ0v) is 10.3. The molecular weight excluding hydrogens is 210 g/mol. The van der Waals surface area contributed by atoms with Crippen LogP contribution in [0.4, 0.5) is 0 Å². The van der Waals surface area contributed by atoms with E-state index < -0.39 is 0 Å². The number of rotatable bonds is 5. The van der Waals surface area contributed by atoms with E-state index in [2.05, 4.69) is 27.3 Å². The van der Waals surface area contributed by atoms with Crippen molar-refractivity contribution >= 4 is 0 Å². The van der Waals surface area contributed by atoms with Crippen LogP contribution in [0.2, 0.25) is 0 Å². The summed E-state index contributed by atoms with van der Waals surface area (Å²) in [7, 11) is 0. The molecule has 0 spiro atoms. The van der Waals surface area contributed by atoms with Crippen LogP contribution in [0.5, 0.6) is 0 Å². The van der Waals surface area contributed by atoms with Crippen molar-refractivity contribution in [3.05, 3.63) is 30.1 Å². The molecule has 0 bridgehead atoms. The minimum Gasteiger partial charge on any atom is -0.312 e. The van der Waals surface area contributed by atoms with Crippen LogP contribution in [0.3, 0.4) is 0 Å². The molecule has 3 nitrogen and oxygen atoms in total. The van der Waals surface area contributed by atoms with Gasteiger partial charge < -0.3 is 5.32 Å². The molecule has 0 amide bonds. The molecule has 1 aromatic heterocycles. The Bertz CT molecular complexity index is 348. The number of aromatic nitrogens is 1. The highest BCUT2D eigenvalue weighted by atomic mass is 15.2. The first kappa shape index (κ1) is 11.2. The molecule has 1 N–H and O–H groups in total. The van der Waals surface area contributed by atoms with Gasteiger partial charge in [0.2, 0.25) is 0 Å². The van der Waals surface area contributed by atoms with Gasteiger partial charge in [0.15, 0.2) is 0 Å². The van der Waals surface area contributed by atoms with E-state index in [4.69, 9.17) is 0 Å². The van der Waals surface area contributed by atoms with E-state index in [9.17, 15) is 0 Å². The molecule has 1 aromatic rings. The van der Waals surface area contributed by atoms with Gasteiger partial charge in [-0.15, -0.1) is 0 Å². The Hall–Kier alpha value is -0.930. The van der Waals surface area contributed by atoms with E-state index in [1.54, 1.807) is 0 Å². The molecule has 2 fully saturated rings. The Morgan fingerprint density at radius 3 is 3.00 bits per heavy atom. The lowest BCUT2D eigenvalue weighted by Crippen LogP contribution is -2.34. The Kier molecular flexibility index (Phi) is 3.39. The van der Waals surface area contributed by atoms with E-state index in [1.165, 1.54) is 38.0 Å². The van der Waals surface area contributed by atoms with Crippen molar-refractivity contribution in [3.8, 4) is 0 Å². The number of hydrogen-bond donors (Lipinski definition) is 1. The maximum atomic E-state index is 4.35. The van der Waals surface area contributed by atoms with Crippen LogP contribution >= 0.6 is 0 Å². The van der Waals surface area contributed by atoms with Gasteiger partial charge in [0, 0.05) is 50.0 Å². The fourth-order valence-electron chi connectivity index (χ4n) is 2.68. The number of nitrogens with zero attached hydrogens (tertiary/aromatic N) is 2. The first-order valence-electron chi connectivity index (χ1n) is 6.79. The molecule has 0 aromatic carbocycles. The molecule has 1 saturated carbocycles. The SMILES string of the molecule is c1ccc(CCNC2CCN(C3CC3)C2)nc1. The average molecular weight is 231 g/mol. The number of hydrogen-bond acceptors (Lipinski definition) is 3. The Labute approximate surface area is 103 Å². The molecular formula is C14H21N3. The summed E-state index contributed by atoms with van der Waals surface area (Å²) in [6.45, 7) is 3.61. The van der Waals surface area contributed by atoms with E-state index in [0.717, 1.165) is 19.0 Å². The minimum absolute atomic E-state index is 0.708. The topological polar surface area (TPSA) is 28.2 Å².